The van der Waals surface area contributed by atoms with Gasteiger partial charge in [-0.05, 0) is 48.5 Å². The number of carbonyl (C=O) groups excluding carboxylic acids is 1. The van der Waals surface area contributed by atoms with Crippen LogP contribution >= 0.6 is 11.6 Å². The quantitative estimate of drug-likeness (QED) is 0.567. The number of nitrogens with zero attached hydrogens (tertiary/aromatic N) is 1. The van der Waals surface area contributed by atoms with Gasteiger partial charge in [-0.3, -0.25) is 4.79 Å². The van der Waals surface area contributed by atoms with Gasteiger partial charge in [0.2, 0.25) is 0 Å². The van der Waals surface area contributed by atoms with E-state index in [0.29, 0.717) is 27.9 Å². The molecule has 2 heterocycles. The molecule has 0 fully saturated rings. The maximum absolute atomic E-state index is 12.3. The van der Waals surface area contributed by atoms with Crippen molar-refractivity contribution in [3.63, 3.8) is 0 Å². The van der Waals surface area contributed by atoms with Gasteiger partial charge in [0.05, 0.1) is 17.3 Å². The maximum Gasteiger partial charge on any atom is 0.255 e. The number of carbonyl (C=O) groups is 1. The number of furan rings is 1. The Labute approximate surface area is 142 Å². The first-order chi connectivity index (χ1) is 11.7. The zero-order valence-electron chi connectivity index (χ0n) is 12.4. The SMILES string of the molecule is O=C(Nc1ccc2nc(-c3ccco3)[nH]c2c1)c1cccc(Cl)c1. The Morgan fingerprint density at radius 2 is 2.04 bits per heavy atom. The summed E-state index contributed by atoms with van der Waals surface area (Å²) >= 11 is 5.92. The van der Waals surface area contributed by atoms with E-state index < -0.39 is 0 Å². The zero-order valence-corrected chi connectivity index (χ0v) is 13.2. The zero-order chi connectivity index (χ0) is 16.5. The number of hydrogen-bond donors (Lipinski definition) is 2. The van der Waals surface area contributed by atoms with Crippen LogP contribution in [0.2, 0.25) is 5.02 Å². The van der Waals surface area contributed by atoms with Crippen molar-refractivity contribution in [2.45, 2.75) is 0 Å². The number of aromatic nitrogens is 2. The standard InChI is InChI=1S/C18H12ClN3O2/c19-12-4-1-3-11(9-12)18(23)20-13-6-7-14-15(10-13)22-17(21-14)16-5-2-8-24-16/h1-10H,(H,20,23)(H,21,22). The Morgan fingerprint density at radius 1 is 1.12 bits per heavy atom. The van der Waals surface area contributed by atoms with Gasteiger partial charge in [0.1, 0.15) is 0 Å². The number of benzene rings is 2. The molecule has 5 nitrogen and oxygen atoms in total. The third kappa shape index (κ3) is 2.77. The lowest BCUT2D eigenvalue weighted by molar-refractivity contribution is 0.102. The second-order valence-electron chi connectivity index (χ2n) is 5.26. The minimum Gasteiger partial charge on any atom is -0.461 e. The normalized spacial score (nSPS) is 10.9. The average Bonchev–Trinajstić information content (AvgIpc) is 3.23. The maximum atomic E-state index is 12.3. The molecule has 0 saturated carbocycles. The molecule has 118 valence electrons. The number of amides is 1. The van der Waals surface area contributed by atoms with Crippen molar-refractivity contribution in [2.75, 3.05) is 5.32 Å². The largest absolute Gasteiger partial charge is 0.461 e. The Kier molecular flexibility index (Phi) is 3.55. The first-order valence-electron chi connectivity index (χ1n) is 7.29. The van der Waals surface area contributed by atoms with Crippen molar-refractivity contribution in [1.29, 1.82) is 0 Å². The number of H-pyrrole nitrogens is 1. The third-order valence-electron chi connectivity index (χ3n) is 3.58. The van der Waals surface area contributed by atoms with E-state index in [9.17, 15) is 4.79 Å². The summed E-state index contributed by atoms with van der Waals surface area (Å²) in [6.07, 6.45) is 1.60. The molecule has 1 amide bonds. The highest BCUT2D eigenvalue weighted by Gasteiger charge is 2.10. The Bertz CT molecular complexity index is 1020. The Hall–Kier alpha value is -3.05. The minimum absolute atomic E-state index is 0.220. The van der Waals surface area contributed by atoms with Crippen LogP contribution in [0.15, 0.2) is 65.3 Å². The molecule has 0 atom stereocenters. The second kappa shape index (κ2) is 5.86. The molecule has 0 saturated heterocycles. The molecule has 2 aromatic heterocycles. The topological polar surface area (TPSA) is 70.9 Å². The van der Waals surface area contributed by atoms with Gasteiger partial charge < -0.3 is 14.7 Å². The van der Waals surface area contributed by atoms with Crippen LogP contribution in [0.25, 0.3) is 22.6 Å². The predicted octanol–water partition coefficient (Wildman–Crippen LogP) is 4.73. The van der Waals surface area contributed by atoms with E-state index in [1.807, 2.05) is 18.2 Å². The number of aromatic amines is 1. The first kappa shape index (κ1) is 14.5. The molecule has 24 heavy (non-hydrogen) atoms. The van der Waals surface area contributed by atoms with Gasteiger partial charge in [-0.25, -0.2) is 4.98 Å². The summed E-state index contributed by atoms with van der Waals surface area (Å²) in [6, 6.07) is 15.9. The van der Waals surface area contributed by atoms with E-state index in [-0.39, 0.29) is 5.91 Å². The van der Waals surface area contributed by atoms with Crippen molar-refractivity contribution >= 4 is 34.2 Å². The molecule has 2 N–H and O–H groups in total. The molecule has 0 unspecified atom stereocenters. The number of halogens is 1. The van der Waals surface area contributed by atoms with E-state index in [4.69, 9.17) is 16.0 Å². The molecule has 0 bridgehead atoms. The lowest BCUT2D eigenvalue weighted by Crippen LogP contribution is -2.11. The summed E-state index contributed by atoms with van der Waals surface area (Å²) in [5, 5.41) is 3.38. The summed E-state index contributed by atoms with van der Waals surface area (Å²) in [5.74, 6) is 1.09. The summed E-state index contributed by atoms with van der Waals surface area (Å²) in [5.41, 5.74) is 2.78. The third-order valence-corrected chi connectivity index (χ3v) is 3.82. The number of hydrogen-bond acceptors (Lipinski definition) is 3. The molecule has 4 aromatic rings. The number of nitrogens with one attached hydrogen (secondary N) is 2. The Balaban J connectivity index is 1.62. The van der Waals surface area contributed by atoms with Crippen molar-refractivity contribution in [2.24, 2.45) is 0 Å². The minimum atomic E-state index is -0.220. The van der Waals surface area contributed by atoms with Gasteiger partial charge in [-0.15, -0.1) is 0 Å². The highest BCUT2D eigenvalue weighted by Crippen LogP contribution is 2.23. The fraction of sp³-hybridized carbons (Fsp3) is 0. The van der Waals surface area contributed by atoms with E-state index >= 15 is 0 Å². The number of imidazole rings is 1. The molecular weight excluding hydrogens is 326 g/mol. The molecule has 0 radical (unpaired) electrons. The van der Waals surface area contributed by atoms with E-state index in [1.54, 1.807) is 42.7 Å². The van der Waals surface area contributed by atoms with Crippen molar-refractivity contribution < 1.29 is 9.21 Å². The van der Waals surface area contributed by atoms with E-state index in [2.05, 4.69) is 15.3 Å². The van der Waals surface area contributed by atoms with Crippen LogP contribution < -0.4 is 5.32 Å². The van der Waals surface area contributed by atoms with Gasteiger partial charge in [-0.2, -0.15) is 0 Å². The van der Waals surface area contributed by atoms with Crippen LogP contribution in [0, 0.1) is 0 Å². The highest BCUT2D eigenvalue weighted by molar-refractivity contribution is 6.31. The molecular formula is C18H12ClN3O2. The molecule has 6 heteroatoms. The molecule has 0 aliphatic heterocycles. The first-order valence-corrected chi connectivity index (χ1v) is 7.67. The monoisotopic (exact) mass is 337 g/mol. The van der Waals surface area contributed by atoms with Crippen LogP contribution in [-0.2, 0) is 0 Å². The average molecular weight is 338 g/mol. The van der Waals surface area contributed by atoms with Crippen LogP contribution in [0.5, 0.6) is 0 Å². The molecule has 0 aliphatic rings. The molecule has 4 rings (SSSR count). The lowest BCUT2D eigenvalue weighted by Gasteiger charge is -2.05. The van der Waals surface area contributed by atoms with Crippen molar-refractivity contribution in [3.8, 4) is 11.6 Å². The van der Waals surface area contributed by atoms with Gasteiger partial charge in [-0.1, -0.05) is 17.7 Å². The summed E-state index contributed by atoms with van der Waals surface area (Å²) in [6.45, 7) is 0. The van der Waals surface area contributed by atoms with Crippen LogP contribution in [0.1, 0.15) is 10.4 Å². The van der Waals surface area contributed by atoms with Crippen LogP contribution in [-0.4, -0.2) is 15.9 Å². The van der Waals surface area contributed by atoms with Crippen molar-refractivity contribution in [1.82, 2.24) is 9.97 Å². The number of anilines is 1. The summed E-state index contributed by atoms with van der Waals surface area (Å²) < 4.78 is 5.34. The predicted molar refractivity (Wildman–Crippen MR) is 93.2 cm³/mol. The van der Waals surface area contributed by atoms with E-state index in [1.165, 1.54) is 0 Å². The number of fused-ring (bicyclic) bond motifs is 1. The van der Waals surface area contributed by atoms with Gasteiger partial charge in [0, 0.05) is 16.3 Å². The highest BCUT2D eigenvalue weighted by atomic mass is 35.5. The van der Waals surface area contributed by atoms with Gasteiger partial charge in [0.25, 0.3) is 5.91 Å². The van der Waals surface area contributed by atoms with Crippen molar-refractivity contribution in [3.05, 3.63) is 71.4 Å². The molecule has 2 aromatic carbocycles. The van der Waals surface area contributed by atoms with Crippen LogP contribution in [0.4, 0.5) is 5.69 Å². The van der Waals surface area contributed by atoms with Crippen LogP contribution in [0.3, 0.4) is 0 Å². The summed E-state index contributed by atoms with van der Waals surface area (Å²) in [4.78, 5) is 19.9. The van der Waals surface area contributed by atoms with E-state index in [0.717, 1.165) is 11.0 Å². The summed E-state index contributed by atoms with van der Waals surface area (Å²) in [7, 11) is 0. The fourth-order valence-electron chi connectivity index (χ4n) is 2.45. The fourth-order valence-corrected chi connectivity index (χ4v) is 2.64. The number of rotatable bonds is 3. The van der Waals surface area contributed by atoms with Gasteiger partial charge in [0.15, 0.2) is 11.6 Å². The molecule has 0 aliphatic carbocycles. The smallest absolute Gasteiger partial charge is 0.255 e. The molecule has 0 spiro atoms. The Morgan fingerprint density at radius 3 is 2.83 bits per heavy atom. The second-order valence-corrected chi connectivity index (χ2v) is 5.70. The van der Waals surface area contributed by atoms with Gasteiger partial charge >= 0.3 is 0 Å². The lowest BCUT2D eigenvalue weighted by atomic mass is 10.2.